The van der Waals surface area contributed by atoms with E-state index in [1.165, 1.54) is 33.4 Å². The summed E-state index contributed by atoms with van der Waals surface area (Å²) in [5.41, 5.74) is 9.92. The maximum absolute atomic E-state index is 4.54. The van der Waals surface area contributed by atoms with Crippen molar-refractivity contribution in [3.8, 4) is 22.5 Å². The molecule has 0 bridgehead atoms. The van der Waals surface area contributed by atoms with Crippen molar-refractivity contribution in [2.75, 3.05) is 0 Å². The van der Waals surface area contributed by atoms with Crippen LogP contribution in [0.25, 0.3) is 22.5 Å². The van der Waals surface area contributed by atoms with Gasteiger partial charge in [-0.1, -0.05) is 52.7 Å². The molecule has 0 saturated heterocycles. The molecule has 0 radical (unpaired) electrons. The van der Waals surface area contributed by atoms with E-state index in [2.05, 4.69) is 79.1 Å². The number of hydrogen-bond acceptors (Lipinski definition) is 2. The summed E-state index contributed by atoms with van der Waals surface area (Å²) in [5, 5.41) is 8.99. The number of aryl methyl sites for hydroxylation is 2. The molecule has 3 heteroatoms. The normalized spacial score (nSPS) is 12.6. The molecular weight excluding hydrogens is 282 g/mol. The first-order valence-corrected chi connectivity index (χ1v) is 8.19. The zero-order valence-electron chi connectivity index (χ0n) is 14.1. The maximum atomic E-state index is 4.54. The molecule has 0 saturated carbocycles. The van der Waals surface area contributed by atoms with Crippen LogP contribution < -0.4 is 0 Å². The number of aromatic nitrogens is 3. The molecule has 0 atom stereocenters. The van der Waals surface area contributed by atoms with Gasteiger partial charge < -0.3 is 0 Å². The molecule has 1 aliphatic rings. The topological polar surface area (TPSA) is 30.7 Å². The van der Waals surface area contributed by atoms with Gasteiger partial charge in [0.15, 0.2) is 0 Å². The third kappa shape index (κ3) is 2.19. The molecular formula is C20H21N3. The van der Waals surface area contributed by atoms with Gasteiger partial charge >= 0.3 is 0 Å². The average Bonchev–Trinajstić information content (AvgIpc) is 2.87. The van der Waals surface area contributed by atoms with E-state index in [4.69, 9.17) is 0 Å². The first kappa shape index (κ1) is 14.2. The molecule has 3 nitrogen and oxygen atoms in total. The highest BCUT2D eigenvalue weighted by molar-refractivity contribution is 5.84. The summed E-state index contributed by atoms with van der Waals surface area (Å²) in [6, 6.07) is 13.6. The summed E-state index contributed by atoms with van der Waals surface area (Å²) >= 11 is 0. The third-order valence-corrected chi connectivity index (χ3v) is 4.60. The van der Waals surface area contributed by atoms with Crippen LogP contribution in [-0.4, -0.2) is 15.0 Å². The lowest BCUT2D eigenvalue weighted by Crippen LogP contribution is -2.06. The first-order chi connectivity index (χ1) is 11.0. The second-order valence-corrected chi connectivity index (χ2v) is 6.82. The Balaban J connectivity index is 2.10. The SMILES string of the molecule is Cc1ccc2c(c1)Cc1cc(C)ccc1-c1c-2nnn1C(C)C. The van der Waals surface area contributed by atoms with Crippen LogP contribution in [0.5, 0.6) is 0 Å². The summed E-state index contributed by atoms with van der Waals surface area (Å²) in [4.78, 5) is 0. The van der Waals surface area contributed by atoms with E-state index in [-0.39, 0.29) is 6.04 Å². The largest absolute Gasteiger partial charge is 0.242 e. The minimum Gasteiger partial charge on any atom is -0.242 e. The van der Waals surface area contributed by atoms with Gasteiger partial charge in [-0.2, -0.15) is 0 Å². The number of benzene rings is 2. The molecule has 1 heterocycles. The van der Waals surface area contributed by atoms with Crippen LogP contribution in [0.15, 0.2) is 36.4 Å². The molecule has 0 unspecified atom stereocenters. The van der Waals surface area contributed by atoms with Crippen LogP contribution in [0.1, 0.15) is 42.1 Å². The minimum absolute atomic E-state index is 0.285. The van der Waals surface area contributed by atoms with Gasteiger partial charge in [0.2, 0.25) is 0 Å². The zero-order chi connectivity index (χ0) is 16.1. The fourth-order valence-corrected chi connectivity index (χ4v) is 3.49. The molecule has 3 aromatic rings. The smallest absolute Gasteiger partial charge is 0.121 e. The van der Waals surface area contributed by atoms with Gasteiger partial charge in [-0.05, 0) is 45.2 Å². The predicted octanol–water partition coefficient (Wildman–Crippen LogP) is 4.71. The van der Waals surface area contributed by atoms with Crippen molar-refractivity contribution in [3.05, 3.63) is 58.7 Å². The molecule has 1 aliphatic carbocycles. The van der Waals surface area contributed by atoms with Crippen molar-refractivity contribution < 1.29 is 0 Å². The number of hydrogen-bond donors (Lipinski definition) is 0. The summed E-state index contributed by atoms with van der Waals surface area (Å²) in [5.74, 6) is 0. The Hall–Kier alpha value is -2.42. The van der Waals surface area contributed by atoms with Crippen LogP contribution in [0.3, 0.4) is 0 Å². The second-order valence-electron chi connectivity index (χ2n) is 6.82. The highest BCUT2D eigenvalue weighted by Gasteiger charge is 2.25. The lowest BCUT2D eigenvalue weighted by atomic mass is 9.97. The first-order valence-electron chi connectivity index (χ1n) is 8.19. The monoisotopic (exact) mass is 303 g/mol. The van der Waals surface area contributed by atoms with Gasteiger partial charge in [0.1, 0.15) is 5.69 Å². The Morgan fingerprint density at radius 1 is 0.913 bits per heavy atom. The number of rotatable bonds is 1. The van der Waals surface area contributed by atoms with Crippen molar-refractivity contribution in [3.63, 3.8) is 0 Å². The Morgan fingerprint density at radius 2 is 1.52 bits per heavy atom. The van der Waals surface area contributed by atoms with Gasteiger partial charge in [0.25, 0.3) is 0 Å². The molecule has 23 heavy (non-hydrogen) atoms. The Labute approximate surface area is 137 Å². The van der Waals surface area contributed by atoms with Gasteiger partial charge in [0.05, 0.1) is 5.69 Å². The zero-order valence-corrected chi connectivity index (χ0v) is 14.1. The lowest BCUT2D eigenvalue weighted by molar-refractivity contribution is 0.519. The second kappa shape index (κ2) is 5.05. The van der Waals surface area contributed by atoms with E-state index in [0.29, 0.717) is 0 Å². The van der Waals surface area contributed by atoms with E-state index in [1.54, 1.807) is 0 Å². The van der Waals surface area contributed by atoms with Crippen molar-refractivity contribution in [2.24, 2.45) is 0 Å². The fourth-order valence-electron chi connectivity index (χ4n) is 3.49. The fraction of sp³-hybridized carbons (Fsp3) is 0.300. The van der Waals surface area contributed by atoms with Crippen molar-refractivity contribution in [2.45, 2.75) is 40.2 Å². The summed E-state index contributed by atoms with van der Waals surface area (Å²) < 4.78 is 2.05. The highest BCUT2D eigenvalue weighted by Crippen LogP contribution is 2.40. The minimum atomic E-state index is 0.285. The summed E-state index contributed by atoms with van der Waals surface area (Å²) in [6.45, 7) is 8.61. The molecule has 1 aromatic heterocycles. The number of nitrogens with zero attached hydrogens (tertiary/aromatic N) is 3. The number of fused-ring (bicyclic) bond motifs is 5. The van der Waals surface area contributed by atoms with E-state index < -0.39 is 0 Å². The van der Waals surface area contributed by atoms with Gasteiger partial charge in [-0.3, -0.25) is 0 Å². The molecule has 0 amide bonds. The van der Waals surface area contributed by atoms with Crippen LogP contribution in [0.4, 0.5) is 0 Å². The van der Waals surface area contributed by atoms with E-state index in [0.717, 1.165) is 17.8 Å². The molecule has 4 rings (SSSR count). The summed E-state index contributed by atoms with van der Waals surface area (Å²) in [6.07, 6.45) is 0.947. The standard InChI is InChI=1S/C20H21N3/c1-12(2)23-20-18-8-6-14(4)10-16(18)11-15-9-13(3)5-7-17(15)19(20)21-22-23/h5-10,12H,11H2,1-4H3. The highest BCUT2D eigenvalue weighted by atomic mass is 15.4. The molecule has 0 aliphatic heterocycles. The maximum Gasteiger partial charge on any atom is 0.121 e. The predicted molar refractivity (Wildman–Crippen MR) is 93.6 cm³/mol. The van der Waals surface area contributed by atoms with Gasteiger partial charge in [-0.25, -0.2) is 4.68 Å². The Morgan fingerprint density at radius 3 is 2.17 bits per heavy atom. The van der Waals surface area contributed by atoms with Crippen LogP contribution in [0, 0.1) is 13.8 Å². The Bertz CT molecular complexity index is 903. The lowest BCUT2D eigenvalue weighted by Gasteiger charge is -2.13. The third-order valence-electron chi connectivity index (χ3n) is 4.60. The van der Waals surface area contributed by atoms with Crippen molar-refractivity contribution in [1.82, 2.24) is 15.0 Å². The average molecular weight is 303 g/mol. The molecule has 0 fully saturated rings. The summed E-state index contributed by atoms with van der Waals surface area (Å²) in [7, 11) is 0. The van der Waals surface area contributed by atoms with Crippen LogP contribution in [0.2, 0.25) is 0 Å². The van der Waals surface area contributed by atoms with Crippen LogP contribution in [-0.2, 0) is 6.42 Å². The molecule has 0 N–H and O–H groups in total. The van der Waals surface area contributed by atoms with E-state index in [1.807, 2.05) is 0 Å². The van der Waals surface area contributed by atoms with Gasteiger partial charge in [0, 0.05) is 17.2 Å². The molecule has 116 valence electrons. The Kier molecular flexibility index (Phi) is 3.12. The quantitative estimate of drug-likeness (QED) is 0.509. The van der Waals surface area contributed by atoms with E-state index in [9.17, 15) is 0 Å². The van der Waals surface area contributed by atoms with E-state index >= 15 is 0 Å². The molecule has 0 spiro atoms. The van der Waals surface area contributed by atoms with Crippen LogP contribution >= 0.6 is 0 Å². The van der Waals surface area contributed by atoms with Crippen molar-refractivity contribution in [1.29, 1.82) is 0 Å². The van der Waals surface area contributed by atoms with Crippen molar-refractivity contribution >= 4 is 0 Å². The molecule has 2 aromatic carbocycles. The van der Waals surface area contributed by atoms with Gasteiger partial charge in [-0.15, -0.1) is 5.10 Å².